The lowest BCUT2D eigenvalue weighted by atomic mass is 10.1. The predicted octanol–water partition coefficient (Wildman–Crippen LogP) is 1.34. The second kappa shape index (κ2) is 11.0. The molecule has 6 nitrogen and oxygen atoms in total. The zero-order valence-electron chi connectivity index (χ0n) is 12.4. The molecule has 0 spiro atoms. The fourth-order valence-electron chi connectivity index (χ4n) is 1.64. The van der Waals surface area contributed by atoms with Crippen molar-refractivity contribution in [3.8, 4) is 0 Å². The number of guanidine groups is 1. The van der Waals surface area contributed by atoms with Crippen molar-refractivity contribution in [2.45, 2.75) is 13.3 Å². The summed E-state index contributed by atoms with van der Waals surface area (Å²) >= 11 is 6.08. The fraction of sp³-hybridized carbons (Fsp3) is 0.462. The third kappa shape index (κ3) is 9.44. The standard InChI is InChI=1S/C13H21ClN4O2S.HI/c1-2-16-13(18-9-10-21(15,19)20)17-8-7-11-5-3-4-6-12(11)14;/h3-6H,2,7-10H2,1H3,(H2,15,19,20)(H2,16,17,18);1H. The van der Waals surface area contributed by atoms with Gasteiger partial charge >= 0.3 is 0 Å². The number of nitrogens with two attached hydrogens (primary N) is 1. The smallest absolute Gasteiger partial charge is 0.210 e. The second-order valence-corrected chi connectivity index (χ2v) is 6.54. The molecular weight excluding hydrogens is 439 g/mol. The van der Waals surface area contributed by atoms with E-state index in [1.54, 1.807) is 0 Å². The van der Waals surface area contributed by atoms with Gasteiger partial charge in [-0.2, -0.15) is 0 Å². The van der Waals surface area contributed by atoms with Crippen molar-refractivity contribution >= 4 is 51.6 Å². The Bertz CT molecular complexity index is 581. The molecule has 126 valence electrons. The van der Waals surface area contributed by atoms with E-state index in [-0.39, 0.29) is 36.3 Å². The maximum atomic E-state index is 10.9. The van der Waals surface area contributed by atoms with Crippen LogP contribution in [0, 0.1) is 0 Å². The molecule has 0 aliphatic heterocycles. The van der Waals surface area contributed by atoms with Gasteiger partial charge in [-0.3, -0.25) is 4.99 Å². The van der Waals surface area contributed by atoms with Gasteiger partial charge in [-0.05, 0) is 25.0 Å². The minimum atomic E-state index is -3.48. The summed E-state index contributed by atoms with van der Waals surface area (Å²) in [5.74, 6) is 0.391. The van der Waals surface area contributed by atoms with Crippen molar-refractivity contribution in [2.24, 2.45) is 10.1 Å². The Hall–Kier alpha value is -0.580. The molecule has 9 heteroatoms. The minimum absolute atomic E-state index is 0. The van der Waals surface area contributed by atoms with Gasteiger partial charge in [-0.15, -0.1) is 24.0 Å². The summed E-state index contributed by atoms with van der Waals surface area (Å²) in [7, 11) is -3.48. The van der Waals surface area contributed by atoms with E-state index in [1.807, 2.05) is 31.2 Å². The van der Waals surface area contributed by atoms with E-state index in [0.717, 1.165) is 17.0 Å². The van der Waals surface area contributed by atoms with Gasteiger partial charge in [0.2, 0.25) is 10.0 Å². The third-order valence-corrected chi connectivity index (χ3v) is 3.75. The molecule has 0 aliphatic carbocycles. The summed E-state index contributed by atoms with van der Waals surface area (Å²) in [6.07, 6.45) is 0.749. The molecule has 22 heavy (non-hydrogen) atoms. The lowest BCUT2D eigenvalue weighted by Gasteiger charge is -2.11. The first-order valence-electron chi connectivity index (χ1n) is 6.68. The quantitative estimate of drug-likeness (QED) is 0.325. The number of nitrogens with zero attached hydrogens (tertiary/aromatic N) is 1. The average molecular weight is 461 g/mol. The molecule has 0 atom stereocenters. The Morgan fingerprint density at radius 1 is 1.32 bits per heavy atom. The van der Waals surface area contributed by atoms with Crippen LogP contribution in [0.15, 0.2) is 29.3 Å². The first kappa shape index (κ1) is 21.4. The molecule has 0 bridgehead atoms. The monoisotopic (exact) mass is 460 g/mol. The van der Waals surface area contributed by atoms with Gasteiger partial charge in [0.25, 0.3) is 0 Å². The van der Waals surface area contributed by atoms with Crippen molar-refractivity contribution in [2.75, 3.05) is 25.4 Å². The molecule has 0 unspecified atom stereocenters. The van der Waals surface area contributed by atoms with Gasteiger partial charge in [0.1, 0.15) is 0 Å². The van der Waals surface area contributed by atoms with Crippen LogP contribution in [0.2, 0.25) is 5.02 Å². The van der Waals surface area contributed by atoms with E-state index in [4.69, 9.17) is 16.7 Å². The van der Waals surface area contributed by atoms with Crippen LogP contribution in [-0.2, 0) is 16.4 Å². The molecule has 0 aromatic heterocycles. The van der Waals surface area contributed by atoms with E-state index in [9.17, 15) is 8.42 Å². The Kier molecular flexibility index (Phi) is 10.7. The van der Waals surface area contributed by atoms with Crippen molar-refractivity contribution < 1.29 is 8.42 Å². The number of nitrogens with one attached hydrogen (secondary N) is 2. The van der Waals surface area contributed by atoms with Crippen LogP contribution in [0.5, 0.6) is 0 Å². The zero-order valence-corrected chi connectivity index (χ0v) is 16.3. The molecule has 0 radical (unpaired) electrons. The van der Waals surface area contributed by atoms with E-state index >= 15 is 0 Å². The molecule has 0 fully saturated rings. The van der Waals surface area contributed by atoms with Crippen molar-refractivity contribution in [1.82, 2.24) is 10.6 Å². The highest BCUT2D eigenvalue weighted by molar-refractivity contribution is 14.0. The van der Waals surface area contributed by atoms with E-state index in [0.29, 0.717) is 19.0 Å². The van der Waals surface area contributed by atoms with Crippen LogP contribution in [0.25, 0.3) is 0 Å². The maximum Gasteiger partial charge on any atom is 0.210 e. The van der Waals surface area contributed by atoms with Gasteiger partial charge in [0.15, 0.2) is 5.96 Å². The lowest BCUT2D eigenvalue weighted by molar-refractivity contribution is 0.597. The number of benzene rings is 1. The molecule has 0 aliphatic rings. The summed E-state index contributed by atoms with van der Waals surface area (Å²) in [6, 6.07) is 7.64. The van der Waals surface area contributed by atoms with Crippen LogP contribution < -0.4 is 15.8 Å². The molecule has 0 saturated heterocycles. The molecule has 4 N–H and O–H groups in total. The number of sulfonamides is 1. The normalized spacial score (nSPS) is 11.7. The zero-order chi connectivity index (χ0) is 15.7. The number of halogens is 2. The number of aliphatic imine (C=N–C) groups is 1. The largest absolute Gasteiger partial charge is 0.357 e. The number of rotatable bonds is 7. The topological polar surface area (TPSA) is 96.6 Å². The van der Waals surface area contributed by atoms with Gasteiger partial charge < -0.3 is 10.6 Å². The SMILES string of the molecule is CCNC(=NCCS(N)(=O)=O)NCCc1ccccc1Cl.I. The number of hydrogen-bond acceptors (Lipinski definition) is 3. The van der Waals surface area contributed by atoms with Crippen LogP contribution in [0.3, 0.4) is 0 Å². The van der Waals surface area contributed by atoms with Crippen molar-refractivity contribution in [3.63, 3.8) is 0 Å². The van der Waals surface area contributed by atoms with Crippen LogP contribution in [-0.4, -0.2) is 39.8 Å². The van der Waals surface area contributed by atoms with Crippen molar-refractivity contribution in [1.29, 1.82) is 0 Å². The van der Waals surface area contributed by atoms with Crippen LogP contribution in [0.4, 0.5) is 0 Å². The highest BCUT2D eigenvalue weighted by Crippen LogP contribution is 2.14. The first-order valence-corrected chi connectivity index (χ1v) is 8.78. The lowest BCUT2D eigenvalue weighted by Crippen LogP contribution is -2.38. The summed E-state index contributed by atoms with van der Waals surface area (Å²) in [5, 5.41) is 11.8. The number of primary sulfonamides is 1. The van der Waals surface area contributed by atoms with Gasteiger partial charge in [-0.25, -0.2) is 13.6 Å². The van der Waals surface area contributed by atoms with Crippen molar-refractivity contribution in [3.05, 3.63) is 34.9 Å². The summed E-state index contributed by atoms with van der Waals surface area (Å²) < 4.78 is 21.7. The summed E-state index contributed by atoms with van der Waals surface area (Å²) in [6.45, 7) is 3.39. The summed E-state index contributed by atoms with van der Waals surface area (Å²) in [4.78, 5) is 4.15. The Balaban J connectivity index is 0.00000441. The van der Waals surface area contributed by atoms with Gasteiger partial charge in [0, 0.05) is 18.1 Å². The first-order chi connectivity index (χ1) is 9.92. The predicted molar refractivity (Wildman–Crippen MR) is 103 cm³/mol. The molecule has 0 amide bonds. The van der Waals surface area contributed by atoms with Crippen LogP contribution >= 0.6 is 35.6 Å². The third-order valence-electron chi connectivity index (χ3n) is 2.63. The molecular formula is C13H22ClIN4O2S. The second-order valence-electron chi connectivity index (χ2n) is 4.40. The molecule has 1 aromatic rings. The average Bonchev–Trinajstić information content (AvgIpc) is 2.39. The van der Waals surface area contributed by atoms with Gasteiger partial charge in [0.05, 0.1) is 12.3 Å². The Morgan fingerprint density at radius 2 is 2.00 bits per heavy atom. The molecule has 1 aromatic carbocycles. The van der Waals surface area contributed by atoms with E-state index < -0.39 is 10.0 Å². The number of hydrogen-bond donors (Lipinski definition) is 3. The summed E-state index contributed by atoms with van der Waals surface area (Å²) in [5.41, 5.74) is 1.05. The van der Waals surface area contributed by atoms with Crippen LogP contribution in [0.1, 0.15) is 12.5 Å². The fourth-order valence-corrected chi connectivity index (χ4v) is 2.22. The Morgan fingerprint density at radius 3 is 2.59 bits per heavy atom. The maximum absolute atomic E-state index is 10.9. The molecule has 1 rings (SSSR count). The highest BCUT2D eigenvalue weighted by Gasteiger charge is 2.03. The van der Waals surface area contributed by atoms with E-state index in [2.05, 4.69) is 15.6 Å². The van der Waals surface area contributed by atoms with Gasteiger partial charge in [-0.1, -0.05) is 29.8 Å². The highest BCUT2D eigenvalue weighted by atomic mass is 127. The molecule has 0 heterocycles. The minimum Gasteiger partial charge on any atom is -0.357 e. The Labute approximate surface area is 154 Å². The van der Waals surface area contributed by atoms with E-state index in [1.165, 1.54) is 0 Å². The molecule has 0 saturated carbocycles.